The van der Waals surface area contributed by atoms with Gasteiger partial charge in [0.15, 0.2) is 12.3 Å². The molecule has 3 rings (SSSR count). The van der Waals surface area contributed by atoms with Crippen LogP contribution in [0.4, 0.5) is 5.69 Å². The van der Waals surface area contributed by atoms with Crippen LogP contribution < -0.4 is 31.8 Å². The molecule has 0 radical (unpaired) electrons. The molecule has 1 amide bonds. The number of hydrogen-bond acceptors (Lipinski definition) is 12. The topological polar surface area (TPSA) is 244 Å². The van der Waals surface area contributed by atoms with E-state index in [0.717, 1.165) is 31.2 Å². The molecule has 1 aromatic rings. The van der Waals surface area contributed by atoms with E-state index in [1.165, 1.54) is 12.2 Å². The summed E-state index contributed by atoms with van der Waals surface area (Å²) >= 11 is 0. The van der Waals surface area contributed by atoms with Gasteiger partial charge in [0.2, 0.25) is 18.2 Å². The van der Waals surface area contributed by atoms with E-state index < -0.39 is 24.5 Å². The molecule has 0 bridgehead atoms. The number of aldehydes is 1. The van der Waals surface area contributed by atoms with E-state index in [-0.39, 0.29) is 67.7 Å². The number of rotatable bonds is 16. The molecule has 16 heteroatoms. The third-order valence-corrected chi connectivity index (χ3v) is 7.69. The Hall–Kier alpha value is -4.53. The predicted octanol–water partition coefficient (Wildman–Crippen LogP) is 0.405. The van der Waals surface area contributed by atoms with Gasteiger partial charge >= 0.3 is 5.97 Å². The first-order valence-electron chi connectivity index (χ1n) is 15.3. The number of guanidine groups is 1. The molecular formula is C31H44N8O8. The van der Waals surface area contributed by atoms with Gasteiger partial charge in [0, 0.05) is 64.0 Å². The Balaban J connectivity index is 1.68. The van der Waals surface area contributed by atoms with Gasteiger partial charge in [-0.25, -0.2) is 14.8 Å². The van der Waals surface area contributed by atoms with Crippen LogP contribution >= 0.6 is 0 Å². The molecule has 1 aliphatic carbocycles. The number of aliphatic carboxylic acids is 1. The smallest absolute Gasteiger partial charge is 0.333 e. The first kappa shape index (κ1) is 36.9. The molecule has 256 valence electrons. The summed E-state index contributed by atoms with van der Waals surface area (Å²) in [7, 11) is 1.78. The number of hydrogen-bond donors (Lipinski definition) is 8. The number of benzene rings is 1. The highest BCUT2D eigenvalue weighted by Crippen LogP contribution is 2.38. The molecule has 1 saturated heterocycles. The molecular weight excluding hydrogens is 612 g/mol. The monoisotopic (exact) mass is 656 g/mol. The zero-order chi connectivity index (χ0) is 34.2. The van der Waals surface area contributed by atoms with Crippen LogP contribution in [0.3, 0.4) is 0 Å². The van der Waals surface area contributed by atoms with Crippen molar-refractivity contribution in [3.63, 3.8) is 0 Å². The van der Waals surface area contributed by atoms with Crippen LogP contribution in [-0.2, 0) is 25.7 Å². The standard InChI is InChI=1S/C31H44N8O8/c1-39(18-31(19-41)9-2-3-10-31)38-30(35-20-33)36-22(8-13-40)7-12-34-17-21-4-5-25(24(14-21)37-27(43)6-11-32)46-28-16-23(42)15-26(47-28)29(44)45/h4-5,7-8,12-14,23,26,28,34,41-42H,2-3,6,9-11,15-19,32H2,1H3,(H,37,43)(H,44,45)(H2,35,36,38)/b12-7-,22-8+/t23-,26-,28+/m0/s1. The zero-order valence-corrected chi connectivity index (χ0v) is 26.4. The SMILES string of the molecule is CN(CC1(CO)CCCC1)NC(=NC(/C=C\NCc1ccc(O[C@H]2C[C@@H](O)C[C@@H](C(=O)O)O2)c(NC(=O)CCN)c1)=C/C=O)NC#N. The Kier molecular flexibility index (Phi) is 14.6. The van der Waals surface area contributed by atoms with Gasteiger partial charge in [0.25, 0.3) is 0 Å². The molecule has 0 spiro atoms. The summed E-state index contributed by atoms with van der Waals surface area (Å²) in [6, 6.07) is 4.98. The number of carboxylic acids is 1. The minimum Gasteiger partial charge on any atom is -0.479 e. The van der Waals surface area contributed by atoms with Crippen molar-refractivity contribution in [1.29, 1.82) is 5.26 Å². The van der Waals surface area contributed by atoms with E-state index in [1.54, 1.807) is 36.5 Å². The van der Waals surface area contributed by atoms with E-state index >= 15 is 0 Å². The number of allylic oxidation sites excluding steroid dienone is 2. The lowest BCUT2D eigenvalue weighted by atomic mass is 9.87. The highest BCUT2D eigenvalue weighted by Gasteiger charge is 2.35. The van der Waals surface area contributed by atoms with Gasteiger partial charge in [-0.3, -0.25) is 20.3 Å². The summed E-state index contributed by atoms with van der Waals surface area (Å²) in [4.78, 5) is 39.4. The maximum atomic E-state index is 12.4. The van der Waals surface area contributed by atoms with Crippen molar-refractivity contribution in [2.24, 2.45) is 16.1 Å². The molecule has 2 fully saturated rings. The van der Waals surface area contributed by atoms with Gasteiger partial charge < -0.3 is 41.2 Å². The number of ether oxygens (including phenoxy) is 2. The van der Waals surface area contributed by atoms with Crippen molar-refractivity contribution in [2.45, 2.75) is 70.0 Å². The molecule has 1 saturated carbocycles. The van der Waals surface area contributed by atoms with Crippen LogP contribution in [0.2, 0.25) is 0 Å². The number of aliphatic imine (C=N–C) groups is 1. The number of nitrogens with two attached hydrogens (primary N) is 1. The van der Waals surface area contributed by atoms with E-state index in [9.17, 15) is 35.0 Å². The van der Waals surface area contributed by atoms with Crippen molar-refractivity contribution < 1.29 is 39.2 Å². The van der Waals surface area contributed by atoms with Crippen LogP contribution in [0.15, 0.2) is 47.2 Å². The number of carbonyl (C=O) groups is 3. The average molecular weight is 657 g/mol. The Bertz CT molecular complexity index is 1360. The number of hydrazine groups is 1. The highest BCUT2D eigenvalue weighted by atomic mass is 16.7. The number of amides is 1. The van der Waals surface area contributed by atoms with Crippen molar-refractivity contribution in [1.82, 2.24) is 21.1 Å². The maximum absolute atomic E-state index is 12.4. The number of carbonyl (C=O) groups excluding carboxylic acids is 2. The lowest BCUT2D eigenvalue weighted by molar-refractivity contribution is -0.195. The number of nitrogens with zero attached hydrogens (tertiary/aromatic N) is 3. The van der Waals surface area contributed by atoms with Crippen LogP contribution in [0, 0.1) is 16.9 Å². The number of nitriles is 1. The Morgan fingerprint density at radius 2 is 2.06 bits per heavy atom. The van der Waals surface area contributed by atoms with E-state index in [1.807, 2.05) is 6.19 Å². The maximum Gasteiger partial charge on any atom is 0.333 e. The average Bonchev–Trinajstić information content (AvgIpc) is 3.49. The van der Waals surface area contributed by atoms with Crippen LogP contribution in [0.25, 0.3) is 0 Å². The largest absolute Gasteiger partial charge is 0.479 e. The fourth-order valence-electron chi connectivity index (χ4n) is 5.47. The Morgan fingerprint density at radius 3 is 2.72 bits per heavy atom. The summed E-state index contributed by atoms with van der Waals surface area (Å²) < 4.78 is 11.3. The second-order valence-corrected chi connectivity index (χ2v) is 11.5. The number of aliphatic hydroxyl groups is 2. The molecule has 0 aromatic heterocycles. The summed E-state index contributed by atoms with van der Waals surface area (Å²) in [6.45, 7) is 1.01. The van der Waals surface area contributed by atoms with Gasteiger partial charge in [-0.1, -0.05) is 18.9 Å². The summed E-state index contributed by atoms with van der Waals surface area (Å²) in [6.07, 6.45) is 7.47. The second-order valence-electron chi connectivity index (χ2n) is 11.5. The molecule has 1 heterocycles. The molecule has 1 aromatic carbocycles. The number of carboxylic acid groups (broad SMARTS) is 1. The molecule has 1 aliphatic heterocycles. The summed E-state index contributed by atoms with van der Waals surface area (Å²) in [5.41, 5.74) is 9.56. The highest BCUT2D eigenvalue weighted by molar-refractivity contribution is 5.92. The molecule has 2 aliphatic rings. The Labute approximate surface area is 273 Å². The minimum absolute atomic E-state index is 0.0496. The lowest BCUT2D eigenvalue weighted by Gasteiger charge is -2.32. The van der Waals surface area contributed by atoms with Crippen molar-refractivity contribution in [2.75, 3.05) is 32.1 Å². The van der Waals surface area contributed by atoms with Gasteiger partial charge in [-0.2, -0.15) is 5.26 Å². The van der Waals surface area contributed by atoms with E-state index in [4.69, 9.17) is 15.2 Å². The fraction of sp³-hybridized carbons (Fsp3) is 0.516. The molecule has 9 N–H and O–H groups in total. The van der Waals surface area contributed by atoms with Gasteiger partial charge in [-0.05, 0) is 42.8 Å². The first-order chi connectivity index (χ1) is 22.6. The molecule has 47 heavy (non-hydrogen) atoms. The Morgan fingerprint density at radius 1 is 1.30 bits per heavy atom. The van der Waals surface area contributed by atoms with Crippen molar-refractivity contribution in [3.05, 3.63) is 47.8 Å². The van der Waals surface area contributed by atoms with Gasteiger partial charge in [0.1, 0.15) is 12.0 Å². The van der Waals surface area contributed by atoms with Crippen molar-refractivity contribution in [3.8, 4) is 11.9 Å². The second kappa shape index (κ2) is 18.6. The molecule has 3 atom stereocenters. The van der Waals surface area contributed by atoms with Gasteiger partial charge in [0.05, 0.1) is 17.5 Å². The zero-order valence-electron chi connectivity index (χ0n) is 26.4. The van der Waals surface area contributed by atoms with Crippen LogP contribution in [0.1, 0.15) is 50.5 Å². The molecule has 0 unspecified atom stereocenters. The van der Waals surface area contributed by atoms with E-state index in [2.05, 4.69) is 26.4 Å². The van der Waals surface area contributed by atoms with E-state index in [0.29, 0.717) is 18.5 Å². The van der Waals surface area contributed by atoms with Crippen LogP contribution in [0.5, 0.6) is 5.75 Å². The predicted molar refractivity (Wildman–Crippen MR) is 171 cm³/mol. The van der Waals surface area contributed by atoms with Gasteiger partial charge in [-0.15, -0.1) is 0 Å². The third kappa shape index (κ3) is 12.0. The fourth-order valence-corrected chi connectivity index (χ4v) is 5.47. The number of nitrogens with one attached hydrogen (secondary N) is 4. The normalized spacial score (nSPS) is 21.2. The minimum atomic E-state index is -1.23. The molecule has 16 nitrogen and oxygen atoms in total. The summed E-state index contributed by atoms with van der Waals surface area (Å²) in [5, 5.41) is 48.6. The number of aliphatic hydroxyl groups excluding tert-OH is 2. The number of anilines is 1. The first-order valence-corrected chi connectivity index (χ1v) is 15.3. The summed E-state index contributed by atoms with van der Waals surface area (Å²) in [5.74, 6) is -1.25. The lowest BCUT2D eigenvalue weighted by Crippen LogP contribution is -2.49. The third-order valence-electron chi connectivity index (χ3n) is 7.69. The van der Waals surface area contributed by atoms with Crippen molar-refractivity contribution >= 4 is 29.8 Å². The van der Waals surface area contributed by atoms with Crippen LogP contribution in [-0.4, -0.2) is 89.7 Å². The quantitative estimate of drug-likeness (QED) is 0.0176.